The average molecular weight is 310 g/mol. The zero-order chi connectivity index (χ0) is 15.4. The lowest BCUT2D eigenvalue weighted by Crippen LogP contribution is -2.15. The van der Waals surface area contributed by atoms with Crippen molar-refractivity contribution < 1.29 is 9.84 Å². The smallest absolute Gasteiger partial charge is 0.168 e. The van der Waals surface area contributed by atoms with Gasteiger partial charge >= 0.3 is 0 Å². The first-order valence-corrected chi connectivity index (χ1v) is 7.40. The van der Waals surface area contributed by atoms with E-state index in [0.717, 1.165) is 29.4 Å². The van der Waals surface area contributed by atoms with Gasteiger partial charge in [-0.05, 0) is 37.6 Å². The van der Waals surface area contributed by atoms with Crippen molar-refractivity contribution in [2.75, 3.05) is 6.61 Å². The van der Waals surface area contributed by atoms with Crippen molar-refractivity contribution in [1.82, 2.24) is 14.8 Å². The number of aliphatic hydroxyl groups excluding tert-OH is 1. The molecule has 6 heteroatoms. The molecular formula is C15H20ClN3O2. The number of benzene rings is 1. The number of ether oxygens (including phenoxy) is 1. The maximum Gasteiger partial charge on any atom is 0.168 e. The Hall–Kier alpha value is -1.59. The Morgan fingerprint density at radius 2 is 2.19 bits per heavy atom. The molecule has 0 amide bonds. The summed E-state index contributed by atoms with van der Waals surface area (Å²) >= 11 is 5.95. The maximum absolute atomic E-state index is 9.13. The van der Waals surface area contributed by atoms with Crippen LogP contribution in [0.5, 0.6) is 5.75 Å². The van der Waals surface area contributed by atoms with Crippen molar-refractivity contribution in [2.45, 2.75) is 39.8 Å². The van der Waals surface area contributed by atoms with E-state index in [2.05, 4.69) is 10.1 Å². The number of nitrogens with zero attached hydrogens (tertiary/aromatic N) is 3. The van der Waals surface area contributed by atoms with Gasteiger partial charge in [-0.25, -0.2) is 9.67 Å². The van der Waals surface area contributed by atoms with Crippen molar-refractivity contribution >= 4 is 11.6 Å². The van der Waals surface area contributed by atoms with E-state index in [1.165, 1.54) is 0 Å². The highest BCUT2D eigenvalue weighted by Crippen LogP contribution is 2.26. The number of aromatic nitrogens is 3. The minimum atomic E-state index is -0.260. The summed E-state index contributed by atoms with van der Waals surface area (Å²) in [5.74, 6) is 2.24. The van der Waals surface area contributed by atoms with E-state index in [0.29, 0.717) is 11.6 Å². The second-order valence-corrected chi connectivity index (χ2v) is 5.29. The van der Waals surface area contributed by atoms with Crippen molar-refractivity contribution in [3.05, 3.63) is 40.4 Å². The van der Waals surface area contributed by atoms with Crippen LogP contribution in [0.4, 0.5) is 0 Å². The SMILES string of the molecule is CCc1nc(C(C)Oc2ccc(Cl)cc2C)n(CCO)n1. The van der Waals surface area contributed by atoms with Crippen LogP contribution in [0.2, 0.25) is 5.02 Å². The fourth-order valence-electron chi connectivity index (χ4n) is 2.10. The first-order valence-electron chi connectivity index (χ1n) is 7.02. The van der Waals surface area contributed by atoms with Gasteiger partial charge in [0.1, 0.15) is 5.75 Å². The van der Waals surface area contributed by atoms with E-state index in [1.807, 2.05) is 32.9 Å². The average Bonchev–Trinajstić information content (AvgIpc) is 2.85. The third-order valence-electron chi connectivity index (χ3n) is 3.18. The van der Waals surface area contributed by atoms with E-state index >= 15 is 0 Å². The third kappa shape index (κ3) is 3.74. The largest absolute Gasteiger partial charge is 0.482 e. The van der Waals surface area contributed by atoms with Crippen LogP contribution in [-0.4, -0.2) is 26.5 Å². The fourth-order valence-corrected chi connectivity index (χ4v) is 2.33. The standard InChI is InChI=1S/C15H20ClN3O2/c1-4-14-17-15(19(18-14)7-8-20)11(3)21-13-6-5-12(16)9-10(13)2/h5-6,9,11,20H,4,7-8H2,1-3H3. The molecule has 1 N–H and O–H groups in total. The molecule has 0 spiro atoms. The lowest BCUT2D eigenvalue weighted by atomic mass is 10.2. The van der Waals surface area contributed by atoms with Crippen LogP contribution in [0.3, 0.4) is 0 Å². The van der Waals surface area contributed by atoms with E-state index in [9.17, 15) is 0 Å². The highest BCUT2D eigenvalue weighted by Gasteiger charge is 2.18. The molecule has 1 unspecified atom stereocenters. The van der Waals surface area contributed by atoms with Crippen LogP contribution in [0, 0.1) is 6.92 Å². The number of hydrogen-bond donors (Lipinski definition) is 1. The molecule has 2 aromatic rings. The Labute approximate surface area is 129 Å². The van der Waals surface area contributed by atoms with Gasteiger partial charge in [-0.1, -0.05) is 18.5 Å². The molecule has 114 valence electrons. The van der Waals surface area contributed by atoms with Gasteiger partial charge < -0.3 is 9.84 Å². The predicted octanol–water partition coefficient (Wildman–Crippen LogP) is 2.93. The lowest BCUT2D eigenvalue weighted by molar-refractivity contribution is 0.200. The quantitative estimate of drug-likeness (QED) is 0.891. The van der Waals surface area contributed by atoms with Gasteiger partial charge in [-0.3, -0.25) is 0 Å². The molecule has 2 rings (SSSR count). The van der Waals surface area contributed by atoms with Crippen molar-refractivity contribution in [1.29, 1.82) is 0 Å². The van der Waals surface area contributed by atoms with Gasteiger partial charge in [0, 0.05) is 11.4 Å². The van der Waals surface area contributed by atoms with E-state index in [1.54, 1.807) is 10.7 Å². The number of rotatable bonds is 6. The van der Waals surface area contributed by atoms with Gasteiger partial charge in [0.15, 0.2) is 17.8 Å². The summed E-state index contributed by atoms with van der Waals surface area (Å²) in [6.45, 7) is 6.30. The summed E-state index contributed by atoms with van der Waals surface area (Å²) < 4.78 is 7.67. The minimum absolute atomic E-state index is 0.0200. The van der Waals surface area contributed by atoms with Crippen molar-refractivity contribution in [2.24, 2.45) is 0 Å². The lowest BCUT2D eigenvalue weighted by Gasteiger charge is -2.16. The number of aliphatic hydroxyl groups is 1. The minimum Gasteiger partial charge on any atom is -0.482 e. The molecular weight excluding hydrogens is 290 g/mol. The van der Waals surface area contributed by atoms with Gasteiger partial charge in [0.2, 0.25) is 0 Å². The Bertz CT molecular complexity index is 613. The van der Waals surface area contributed by atoms with E-state index in [4.69, 9.17) is 21.4 Å². The summed E-state index contributed by atoms with van der Waals surface area (Å²) in [7, 11) is 0. The predicted molar refractivity (Wildman–Crippen MR) is 81.7 cm³/mol. The maximum atomic E-state index is 9.13. The molecule has 1 atom stereocenters. The van der Waals surface area contributed by atoms with Crippen LogP contribution in [0.15, 0.2) is 18.2 Å². The van der Waals surface area contributed by atoms with Gasteiger partial charge in [0.25, 0.3) is 0 Å². The molecule has 0 fully saturated rings. The molecule has 0 aliphatic rings. The Balaban J connectivity index is 2.22. The van der Waals surface area contributed by atoms with Crippen molar-refractivity contribution in [3.8, 4) is 5.75 Å². The monoisotopic (exact) mass is 309 g/mol. The van der Waals surface area contributed by atoms with Gasteiger partial charge in [0.05, 0.1) is 13.2 Å². The molecule has 1 aromatic carbocycles. The summed E-state index contributed by atoms with van der Waals surface area (Å²) in [6, 6.07) is 5.51. The Morgan fingerprint density at radius 3 is 2.81 bits per heavy atom. The molecule has 5 nitrogen and oxygen atoms in total. The number of aryl methyl sites for hydroxylation is 2. The molecule has 0 aliphatic heterocycles. The molecule has 21 heavy (non-hydrogen) atoms. The fraction of sp³-hybridized carbons (Fsp3) is 0.467. The Morgan fingerprint density at radius 1 is 1.43 bits per heavy atom. The van der Waals surface area contributed by atoms with Crippen LogP contribution >= 0.6 is 11.6 Å². The highest BCUT2D eigenvalue weighted by molar-refractivity contribution is 6.30. The molecule has 0 aliphatic carbocycles. The second kappa shape index (κ2) is 6.91. The summed E-state index contributed by atoms with van der Waals surface area (Å²) in [5, 5.41) is 14.2. The first kappa shape index (κ1) is 15.8. The summed E-state index contributed by atoms with van der Waals surface area (Å²) in [6.07, 6.45) is 0.488. The van der Waals surface area contributed by atoms with Crippen LogP contribution in [0.25, 0.3) is 0 Å². The molecule has 1 heterocycles. The zero-order valence-corrected chi connectivity index (χ0v) is 13.3. The van der Waals surface area contributed by atoms with E-state index < -0.39 is 0 Å². The topological polar surface area (TPSA) is 60.2 Å². The van der Waals surface area contributed by atoms with Gasteiger partial charge in [-0.15, -0.1) is 0 Å². The van der Waals surface area contributed by atoms with Crippen molar-refractivity contribution in [3.63, 3.8) is 0 Å². The van der Waals surface area contributed by atoms with Gasteiger partial charge in [-0.2, -0.15) is 5.10 Å². The first-order chi connectivity index (χ1) is 10.0. The highest BCUT2D eigenvalue weighted by atomic mass is 35.5. The third-order valence-corrected chi connectivity index (χ3v) is 3.41. The van der Waals surface area contributed by atoms with Crippen LogP contribution < -0.4 is 4.74 Å². The number of hydrogen-bond acceptors (Lipinski definition) is 4. The van der Waals surface area contributed by atoms with Crippen LogP contribution in [-0.2, 0) is 13.0 Å². The Kier molecular flexibility index (Phi) is 5.20. The summed E-state index contributed by atoms with van der Waals surface area (Å²) in [5.41, 5.74) is 0.971. The zero-order valence-electron chi connectivity index (χ0n) is 12.5. The summed E-state index contributed by atoms with van der Waals surface area (Å²) in [4.78, 5) is 4.48. The second-order valence-electron chi connectivity index (χ2n) is 4.86. The molecule has 0 saturated carbocycles. The molecule has 1 aromatic heterocycles. The molecule has 0 bridgehead atoms. The van der Waals surface area contributed by atoms with Crippen LogP contribution in [0.1, 0.15) is 37.2 Å². The van der Waals surface area contributed by atoms with E-state index in [-0.39, 0.29) is 12.7 Å². The normalized spacial score (nSPS) is 12.4. The molecule has 0 saturated heterocycles. The molecule has 0 radical (unpaired) electrons. The number of halogens is 1.